The third-order valence-electron chi connectivity index (χ3n) is 13.5. The SMILES string of the molecule is CB(O)N1CCC(=O)CC1.CCOC(=O)c1c(N)sc2c1CN([B]C=O)CC2.CCOC(=O)c1csc2c1CN([B]C=O)CC2.COC(CNCc1csc2c1CN([B]C=O)CC2)OC.O=C[B]N1CCc2scc(CO)c2C1. The number of nitrogen functional groups attached to an aromatic ring is 1. The summed E-state index contributed by atoms with van der Waals surface area (Å²) < 4.78 is 20.3. The maximum atomic E-state index is 11.9. The van der Waals surface area contributed by atoms with Gasteiger partial charge in [-0.05, 0) is 130 Å². The highest BCUT2D eigenvalue weighted by atomic mass is 32.1. The second kappa shape index (κ2) is 35.0. The molecule has 0 aliphatic carbocycles. The van der Waals surface area contributed by atoms with Crippen molar-refractivity contribution in [2.24, 2.45) is 0 Å². The summed E-state index contributed by atoms with van der Waals surface area (Å²) >= 11 is 6.55. The van der Waals surface area contributed by atoms with Crippen LogP contribution in [-0.2, 0) is 108 Å². The first-order valence-electron chi connectivity index (χ1n) is 26.2. The molecule has 0 unspecified atom stereocenters. The number of carbonyl (C=O) groups excluding carboxylic acids is 7. The van der Waals surface area contributed by atoms with Gasteiger partial charge >= 0.3 is 19.0 Å². The topological polar surface area (TPSA) is 251 Å². The molecule has 9 rings (SSSR count). The molecule has 0 atom stereocenters. The summed E-state index contributed by atoms with van der Waals surface area (Å²) in [5, 5.41) is 28.1. The number of hydrogen-bond donors (Lipinski definition) is 4. The number of rotatable bonds is 20. The van der Waals surface area contributed by atoms with Gasteiger partial charge < -0.3 is 83.4 Å². The number of nitrogens with zero attached hydrogens (tertiary/aromatic N) is 5. The number of ether oxygens (including phenoxy) is 4. The van der Waals surface area contributed by atoms with Crippen LogP contribution in [0.25, 0.3) is 0 Å². The molecular formula is C50H70B5N7O13S4. The fraction of sp³-hybridized carbons (Fsp3) is 0.540. The van der Waals surface area contributed by atoms with Gasteiger partial charge in [-0.25, -0.2) is 9.59 Å². The second-order valence-electron chi connectivity index (χ2n) is 18.5. The van der Waals surface area contributed by atoms with E-state index in [0.717, 1.165) is 131 Å². The smallest absolute Gasteiger partial charge is 0.376 e. The lowest BCUT2D eigenvalue weighted by Crippen LogP contribution is -2.43. The van der Waals surface area contributed by atoms with Crippen LogP contribution in [0.2, 0.25) is 6.82 Å². The molecule has 0 saturated carbocycles. The van der Waals surface area contributed by atoms with Crippen LogP contribution in [0.1, 0.15) is 100 Å². The fourth-order valence-electron chi connectivity index (χ4n) is 9.22. The molecule has 4 aromatic heterocycles. The molecule has 20 nitrogen and oxygen atoms in total. The zero-order valence-corrected chi connectivity index (χ0v) is 49.0. The molecule has 5 aliphatic heterocycles. The summed E-state index contributed by atoms with van der Waals surface area (Å²) in [6.45, 7) is 15.1. The molecule has 0 aromatic carbocycles. The number of thiophene rings is 4. The molecule has 1 fully saturated rings. The molecule has 5 N–H and O–H groups in total. The third-order valence-corrected chi connectivity index (χ3v) is 17.9. The van der Waals surface area contributed by atoms with Gasteiger partial charge in [-0.1, -0.05) is 0 Å². The number of esters is 2. The summed E-state index contributed by atoms with van der Waals surface area (Å²) in [6, 6.07) is 0. The van der Waals surface area contributed by atoms with E-state index in [1.807, 2.05) is 41.3 Å². The minimum atomic E-state index is -0.395. The Morgan fingerprint density at radius 1 is 0.671 bits per heavy atom. The number of hydrogen-bond acceptors (Lipinski definition) is 24. The third kappa shape index (κ3) is 19.8. The number of anilines is 1. The zero-order chi connectivity index (χ0) is 57.3. The molecule has 4 radical (unpaired) electrons. The van der Waals surface area contributed by atoms with Crippen LogP contribution in [0.5, 0.6) is 0 Å². The van der Waals surface area contributed by atoms with Crippen molar-refractivity contribution in [3.8, 4) is 0 Å². The predicted octanol–water partition coefficient (Wildman–Crippen LogP) is 2.56. The standard InChI is InChI=1S/C13H20BN2O3S.C11H14BN2O3S.C11H13BNO3S.C9H11BNO2S.C6H12BNO2/c1-18-13(19-2)6-15-5-10-8-20-12-3-4-16(14-9-17)7-11(10)12;1-2-17-11(16)9-7-5-14(12-6-15)4-3-8(7)18-10(9)13;1-2-16-11(15)9-6-17-10-3-4-13(12-7-14)5-8(9)10;12-4-7-5-14-9-1-2-11(10-6-13)3-8(7)9;1-7(10)8-4-2-6(9)3-5-8/h8-9,13,15H,3-7H2,1-2H3;6H,2-5,13H2,1H3;6-7H,2-5H2,1H3;5-6,12H,1-4H2;10H,2-5H2,1H3. The second-order valence-corrected chi connectivity index (χ2v) is 22.5. The van der Waals surface area contributed by atoms with Gasteiger partial charge in [-0.3, -0.25) is 4.79 Å². The van der Waals surface area contributed by atoms with Crippen LogP contribution < -0.4 is 11.1 Å². The van der Waals surface area contributed by atoms with Gasteiger partial charge in [-0.2, -0.15) is 0 Å². The highest BCUT2D eigenvalue weighted by Crippen LogP contribution is 2.36. The van der Waals surface area contributed by atoms with Gasteiger partial charge in [0.25, 0.3) is 29.7 Å². The van der Waals surface area contributed by atoms with Crippen LogP contribution >= 0.6 is 45.3 Å². The van der Waals surface area contributed by atoms with Crippen molar-refractivity contribution in [2.45, 2.75) is 105 Å². The Morgan fingerprint density at radius 2 is 1.11 bits per heavy atom. The Morgan fingerprint density at radius 3 is 1.59 bits per heavy atom. The largest absolute Gasteiger partial charge is 0.462 e. The number of carbonyl (C=O) groups is 7. The molecule has 0 bridgehead atoms. The van der Waals surface area contributed by atoms with E-state index >= 15 is 0 Å². The monoisotopic (exact) mass is 1160 g/mol. The van der Waals surface area contributed by atoms with Gasteiger partial charge in [0.05, 0.1) is 55.7 Å². The number of aliphatic hydroxyl groups excluding tert-OH is 1. The lowest BCUT2D eigenvalue weighted by molar-refractivity contribution is -0.120. The summed E-state index contributed by atoms with van der Waals surface area (Å²) in [5.74, 6) is -0.324. The number of methoxy groups -OCH3 is 2. The number of ketones is 1. The van der Waals surface area contributed by atoms with Gasteiger partial charge in [-0.15, -0.1) is 45.3 Å². The minimum absolute atomic E-state index is 0.0980. The summed E-state index contributed by atoms with van der Waals surface area (Å²) in [5.41, 5.74) is 13.8. The zero-order valence-electron chi connectivity index (χ0n) is 45.7. The lowest BCUT2D eigenvalue weighted by Gasteiger charge is -2.26. The van der Waals surface area contributed by atoms with Gasteiger partial charge in [0.2, 0.25) is 0 Å². The van der Waals surface area contributed by atoms with E-state index in [0.29, 0.717) is 67.6 Å². The van der Waals surface area contributed by atoms with Crippen LogP contribution in [0.4, 0.5) is 5.00 Å². The number of aliphatic hydroxyl groups is 1. The summed E-state index contributed by atoms with van der Waals surface area (Å²) in [6.07, 6.45) is 7.87. The van der Waals surface area contributed by atoms with Crippen molar-refractivity contribution in [1.29, 1.82) is 0 Å². The maximum absolute atomic E-state index is 11.9. The first kappa shape index (κ1) is 65.6. The molecule has 0 spiro atoms. The van der Waals surface area contributed by atoms with Crippen molar-refractivity contribution < 1.29 is 62.6 Å². The molecule has 79 heavy (non-hydrogen) atoms. The van der Waals surface area contributed by atoms with E-state index < -0.39 is 7.05 Å². The highest BCUT2D eigenvalue weighted by molar-refractivity contribution is 7.16. The maximum Gasteiger partial charge on any atom is 0.376 e. The Labute approximate surface area is 482 Å². The van der Waals surface area contributed by atoms with Gasteiger partial charge in [0.15, 0.2) is 6.29 Å². The van der Waals surface area contributed by atoms with Gasteiger partial charge in [0.1, 0.15) is 10.8 Å². The van der Waals surface area contributed by atoms with Crippen molar-refractivity contribution in [2.75, 3.05) is 79.0 Å². The van der Waals surface area contributed by atoms with E-state index in [9.17, 15) is 33.6 Å². The van der Waals surface area contributed by atoms with E-state index in [4.69, 9.17) is 34.8 Å². The number of piperidine rings is 1. The quantitative estimate of drug-likeness (QED) is 0.0430. The molecular weight excluding hydrogens is 1090 g/mol. The minimum Gasteiger partial charge on any atom is -0.462 e. The highest BCUT2D eigenvalue weighted by Gasteiger charge is 2.29. The van der Waals surface area contributed by atoms with Crippen molar-refractivity contribution >= 4 is 130 Å². The van der Waals surface area contributed by atoms with E-state index in [1.54, 1.807) is 72.4 Å². The Hall–Kier alpha value is -4.19. The Kier molecular flexibility index (Phi) is 29.0. The number of nitrogens with two attached hydrogens (primary N) is 1. The number of nitrogens with one attached hydrogen (secondary N) is 1. The van der Waals surface area contributed by atoms with Crippen LogP contribution in [0.15, 0.2) is 16.1 Å². The number of fused-ring (bicyclic) bond motifs is 4. The summed E-state index contributed by atoms with van der Waals surface area (Å²) in [4.78, 5) is 91.1. The predicted molar refractivity (Wildman–Crippen MR) is 315 cm³/mol. The summed E-state index contributed by atoms with van der Waals surface area (Å²) in [7, 11) is 9.09. The number of Topliss-reactive ketones (excluding diaryl/α,β-unsaturated/α-hetero) is 1. The van der Waals surface area contributed by atoms with Crippen LogP contribution in [-0.4, -0.2) is 193 Å². The van der Waals surface area contributed by atoms with Crippen LogP contribution in [0, 0.1) is 0 Å². The molecule has 422 valence electrons. The van der Waals surface area contributed by atoms with E-state index in [2.05, 4.69) is 15.5 Å². The van der Waals surface area contributed by atoms with Gasteiger partial charge in [0, 0.05) is 91.2 Å². The molecule has 0 amide bonds. The molecule has 4 aromatic rings. The van der Waals surface area contributed by atoms with E-state index in [-0.39, 0.29) is 24.8 Å². The first-order valence-corrected chi connectivity index (χ1v) is 29.6. The average molecular weight is 1160 g/mol. The Bertz CT molecular complexity index is 2580. The van der Waals surface area contributed by atoms with Crippen molar-refractivity contribution in [1.82, 2.24) is 29.4 Å². The fourth-order valence-corrected chi connectivity index (χ4v) is 13.4. The van der Waals surface area contributed by atoms with Crippen molar-refractivity contribution in [3.63, 3.8) is 0 Å². The van der Waals surface area contributed by atoms with Crippen molar-refractivity contribution in [3.05, 3.63) is 80.2 Å². The molecule has 1 saturated heterocycles. The lowest BCUT2D eigenvalue weighted by atomic mass is 9.83. The molecule has 5 aliphatic rings. The molecule has 9 heterocycles. The first-order chi connectivity index (χ1) is 38.2. The Balaban J connectivity index is 0.000000184. The van der Waals surface area contributed by atoms with E-state index in [1.165, 1.54) is 57.5 Å². The average Bonchev–Trinajstić information content (AvgIpc) is 4.34. The molecule has 29 heteroatoms. The van der Waals surface area contributed by atoms with Crippen LogP contribution in [0.3, 0.4) is 0 Å². The normalized spacial score (nSPS) is 16.1.